The van der Waals surface area contributed by atoms with Crippen molar-refractivity contribution in [1.82, 2.24) is 19.9 Å². The predicted molar refractivity (Wildman–Crippen MR) is 103 cm³/mol. The van der Waals surface area contributed by atoms with Crippen LogP contribution in [0.1, 0.15) is 5.56 Å². The molecule has 0 unspecified atom stereocenters. The molecule has 0 atom stereocenters. The van der Waals surface area contributed by atoms with E-state index in [2.05, 4.69) is 21.0 Å². The summed E-state index contributed by atoms with van der Waals surface area (Å²) in [4.78, 5) is 27.9. The fourth-order valence-electron chi connectivity index (χ4n) is 3.11. The molecule has 7 heteroatoms. The number of benzene rings is 2. The van der Waals surface area contributed by atoms with Crippen molar-refractivity contribution in [1.29, 1.82) is 5.26 Å². The number of oxazole rings is 1. The number of nitrogens with zero attached hydrogens (tertiary/aromatic N) is 4. The number of fused-ring (bicyclic) bond motifs is 2. The van der Waals surface area contributed by atoms with E-state index < -0.39 is 0 Å². The van der Waals surface area contributed by atoms with Gasteiger partial charge in [0.25, 0.3) is 0 Å². The van der Waals surface area contributed by atoms with E-state index in [1.54, 1.807) is 24.3 Å². The van der Waals surface area contributed by atoms with E-state index in [0.29, 0.717) is 33.7 Å². The summed E-state index contributed by atoms with van der Waals surface area (Å²) in [6.45, 7) is 0. The van der Waals surface area contributed by atoms with Crippen LogP contribution in [-0.4, -0.2) is 19.9 Å². The van der Waals surface area contributed by atoms with Crippen LogP contribution in [0.25, 0.3) is 44.8 Å². The molecule has 0 amide bonds. The Kier molecular flexibility index (Phi) is 3.49. The smallest absolute Gasteiger partial charge is 0.249 e. The first-order valence-corrected chi connectivity index (χ1v) is 8.46. The van der Waals surface area contributed by atoms with E-state index in [1.807, 2.05) is 24.3 Å². The monoisotopic (exact) mass is 365 g/mol. The minimum atomic E-state index is -0.255. The zero-order valence-electron chi connectivity index (χ0n) is 14.4. The Hall–Kier alpha value is -4.31. The minimum Gasteiger partial charge on any atom is -0.443 e. The number of hydrogen-bond donors (Lipinski definition) is 1. The molecule has 2 aromatic carbocycles. The molecule has 132 valence electrons. The number of rotatable bonds is 2. The third-order valence-electron chi connectivity index (χ3n) is 4.43. The molecule has 0 spiro atoms. The van der Waals surface area contributed by atoms with Crippen molar-refractivity contribution in [3.63, 3.8) is 0 Å². The number of aromatic nitrogens is 4. The van der Waals surface area contributed by atoms with Gasteiger partial charge in [-0.25, -0.2) is 15.0 Å². The van der Waals surface area contributed by atoms with Gasteiger partial charge in [-0.05, 0) is 30.3 Å². The highest BCUT2D eigenvalue weighted by Gasteiger charge is 2.15. The maximum absolute atomic E-state index is 11.7. The van der Waals surface area contributed by atoms with Crippen LogP contribution in [0, 0.1) is 11.3 Å². The van der Waals surface area contributed by atoms with Crippen molar-refractivity contribution in [3.05, 3.63) is 76.9 Å². The molecule has 0 bridgehead atoms. The van der Waals surface area contributed by atoms with Gasteiger partial charge in [0.1, 0.15) is 11.0 Å². The average molecular weight is 365 g/mol. The van der Waals surface area contributed by atoms with Gasteiger partial charge in [-0.15, -0.1) is 0 Å². The van der Waals surface area contributed by atoms with Crippen LogP contribution in [-0.2, 0) is 0 Å². The van der Waals surface area contributed by atoms with Crippen LogP contribution in [0.5, 0.6) is 0 Å². The molecule has 0 aliphatic carbocycles. The quantitative estimate of drug-likeness (QED) is 0.511. The largest absolute Gasteiger partial charge is 0.443 e. The van der Waals surface area contributed by atoms with Crippen molar-refractivity contribution >= 4 is 22.3 Å². The molecule has 1 N–H and O–H groups in total. The summed E-state index contributed by atoms with van der Waals surface area (Å²) in [6.07, 6.45) is 1.39. The van der Waals surface area contributed by atoms with E-state index in [9.17, 15) is 10.1 Å². The first-order chi connectivity index (χ1) is 13.7. The van der Waals surface area contributed by atoms with Crippen LogP contribution < -0.4 is 5.56 Å². The van der Waals surface area contributed by atoms with E-state index in [4.69, 9.17) is 9.40 Å². The number of pyridine rings is 1. The second kappa shape index (κ2) is 6.14. The molecule has 5 rings (SSSR count). The molecular formula is C21H11N5O2. The zero-order valence-corrected chi connectivity index (χ0v) is 14.4. The summed E-state index contributed by atoms with van der Waals surface area (Å²) in [7, 11) is 0. The Balaban J connectivity index is 1.83. The van der Waals surface area contributed by atoms with Crippen LogP contribution in [0.2, 0.25) is 0 Å². The molecule has 5 aromatic rings. The van der Waals surface area contributed by atoms with Crippen LogP contribution in [0.15, 0.2) is 70.2 Å². The third kappa shape index (κ3) is 2.61. The zero-order chi connectivity index (χ0) is 19.1. The summed E-state index contributed by atoms with van der Waals surface area (Å²) < 4.78 is 5.42. The predicted octanol–water partition coefficient (Wildman–Crippen LogP) is 3.66. The first-order valence-electron chi connectivity index (χ1n) is 8.46. The highest BCUT2D eigenvalue weighted by molar-refractivity contribution is 5.88. The fraction of sp³-hybridized carbons (Fsp3) is 0. The molecule has 0 fully saturated rings. The lowest BCUT2D eigenvalue weighted by Gasteiger charge is -2.10. The molecule has 28 heavy (non-hydrogen) atoms. The Bertz CT molecular complexity index is 1460. The molecule has 0 saturated carbocycles. The van der Waals surface area contributed by atoms with Gasteiger partial charge < -0.3 is 9.40 Å². The van der Waals surface area contributed by atoms with Gasteiger partial charge in [-0.1, -0.05) is 18.2 Å². The second-order valence-corrected chi connectivity index (χ2v) is 6.20. The summed E-state index contributed by atoms with van der Waals surface area (Å²) >= 11 is 0. The van der Waals surface area contributed by atoms with Gasteiger partial charge in [-0.2, -0.15) is 5.26 Å². The van der Waals surface area contributed by atoms with Gasteiger partial charge in [0.05, 0.1) is 23.0 Å². The van der Waals surface area contributed by atoms with E-state index in [1.165, 1.54) is 12.5 Å². The number of nitrogens with one attached hydrogen (secondary N) is 1. The Morgan fingerprint density at radius 2 is 1.75 bits per heavy atom. The van der Waals surface area contributed by atoms with Gasteiger partial charge >= 0.3 is 0 Å². The normalized spacial score (nSPS) is 11.0. The van der Waals surface area contributed by atoms with Crippen LogP contribution in [0.3, 0.4) is 0 Å². The molecule has 3 heterocycles. The maximum Gasteiger partial charge on any atom is 0.249 e. The van der Waals surface area contributed by atoms with Gasteiger partial charge in [0.15, 0.2) is 17.6 Å². The van der Waals surface area contributed by atoms with Crippen molar-refractivity contribution in [2.45, 2.75) is 0 Å². The molecule has 7 nitrogen and oxygen atoms in total. The van der Waals surface area contributed by atoms with E-state index >= 15 is 0 Å². The van der Waals surface area contributed by atoms with Crippen molar-refractivity contribution in [2.24, 2.45) is 0 Å². The Morgan fingerprint density at radius 3 is 2.64 bits per heavy atom. The van der Waals surface area contributed by atoms with Crippen LogP contribution >= 0.6 is 0 Å². The summed E-state index contributed by atoms with van der Waals surface area (Å²) in [6, 6.07) is 17.9. The highest BCUT2D eigenvalue weighted by Crippen LogP contribution is 2.32. The third-order valence-corrected chi connectivity index (χ3v) is 4.43. The molecule has 0 saturated heterocycles. The standard InChI is InChI=1S/C21H11N5O2/c22-10-12-2-1-3-13(8-12)20-19(14-4-5-15-17(9-14)28-11-23-15)24-16-6-7-18(27)25-21(16)26-20/h1-9,11H,(H,25,26,27). The average Bonchev–Trinajstić information content (AvgIpc) is 3.20. The topological polar surface area (TPSA) is 108 Å². The highest BCUT2D eigenvalue weighted by atomic mass is 16.3. The number of nitriles is 1. The lowest BCUT2D eigenvalue weighted by Crippen LogP contribution is -2.06. The Labute approximate surface area is 158 Å². The number of aromatic amines is 1. The Morgan fingerprint density at radius 1 is 0.929 bits per heavy atom. The molecule has 0 aliphatic rings. The first kappa shape index (κ1) is 15.9. The minimum absolute atomic E-state index is 0.255. The molecule has 0 radical (unpaired) electrons. The van der Waals surface area contributed by atoms with Gasteiger partial charge in [0.2, 0.25) is 5.56 Å². The van der Waals surface area contributed by atoms with Gasteiger partial charge in [0, 0.05) is 17.2 Å². The SMILES string of the molecule is N#Cc1cccc(-c2nc3[nH]c(=O)ccc3nc2-c2ccc3ncoc3c2)c1. The van der Waals surface area contributed by atoms with E-state index in [0.717, 1.165) is 16.6 Å². The fourth-order valence-corrected chi connectivity index (χ4v) is 3.11. The van der Waals surface area contributed by atoms with E-state index in [-0.39, 0.29) is 5.56 Å². The van der Waals surface area contributed by atoms with Crippen LogP contribution in [0.4, 0.5) is 0 Å². The number of hydrogen-bond acceptors (Lipinski definition) is 6. The van der Waals surface area contributed by atoms with Gasteiger partial charge in [-0.3, -0.25) is 4.79 Å². The molecule has 3 aromatic heterocycles. The summed E-state index contributed by atoms with van der Waals surface area (Å²) in [5.41, 5.74) is 5.28. The van der Waals surface area contributed by atoms with Crippen molar-refractivity contribution in [3.8, 4) is 28.6 Å². The maximum atomic E-state index is 11.7. The lowest BCUT2D eigenvalue weighted by molar-refractivity contribution is 0.602. The molecule has 0 aliphatic heterocycles. The second-order valence-electron chi connectivity index (χ2n) is 6.20. The molecular weight excluding hydrogens is 354 g/mol. The summed E-state index contributed by atoms with van der Waals surface area (Å²) in [5, 5.41) is 9.25. The summed E-state index contributed by atoms with van der Waals surface area (Å²) in [5.74, 6) is 0. The number of H-pyrrole nitrogens is 1. The van der Waals surface area contributed by atoms with Crippen molar-refractivity contribution in [2.75, 3.05) is 0 Å². The van der Waals surface area contributed by atoms with Crippen molar-refractivity contribution < 1.29 is 4.42 Å². The lowest BCUT2D eigenvalue weighted by atomic mass is 10.0.